The molecule has 6 nitrogen and oxygen atoms in total. The summed E-state index contributed by atoms with van der Waals surface area (Å²) in [5.41, 5.74) is 2.34. The van der Waals surface area contributed by atoms with Gasteiger partial charge in [-0.2, -0.15) is 0 Å². The Labute approximate surface area is 162 Å². The minimum absolute atomic E-state index is 0.175. The van der Waals surface area contributed by atoms with Crippen LogP contribution < -0.4 is 14.8 Å². The number of methoxy groups -OCH3 is 2. The maximum Gasteiger partial charge on any atom is 0.239 e. The Bertz CT molecular complexity index is 830. The highest BCUT2D eigenvalue weighted by Crippen LogP contribution is 2.33. The summed E-state index contributed by atoms with van der Waals surface area (Å²) in [5, 5.41) is 3.46. The van der Waals surface area contributed by atoms with Crippen molar-refractivity contribution in [1.82, 2.24) is 9.88 Å². The second-order valence-electron chi connectivity index (χ2n) is 5.97. The average Bonchev–Trinajstić information content (AvgIpc) is 2.62. The van der Waals surface area contributed by atoms with Gasteiger partial charge in [0.25, 0.3) is 0 Å². The van der Waals surface area contributed by atoms with Crippen LogP contribution in [0.25, 0.3) is 0 Å². The molecule has 0 aliphatic carbocycles. The Morgan fingerprint density at radius 2 is 1.88 bits per heavy atom. The smallest absolute Gasteiger partial charge is 0.239 e. The van der Waals surface area contributed by atoms with Gasteiger partial charge in [0.1, 0.15) is 0 Å². The predicted octanol–water partition coefficient (Wildman–Crippen LogP) is 3.40. The lowest BCUT2D eigenvalue weighted by atomic mass is 9.99. The Kier molecular flexibility index (Phi) is 5.86. The third-order valence-corrected chi connectivity index (χ3v) is 4.72. The predicted molar refractivity (Wildman–Crippen MR) is 101 cm³/mol. The van der Waals surface area contributed by atoms with Crippen molar-refractivity contribution in [2.45, 2.75) is 13.0 Å². The minimum atomic E-state index is -0.175. The number of anilines is 1. The zero-order valence-corrected chi connectivity index (χ0v) is 16.0. The zero-order chi connectivity index (χ0) is 18.7. The molecule has 0 saturated carbocycles. The molecule has 8 heteroatoms. The van der Waals surface area contributed by atoms with E-state index in [-0.39, 0.29) is 12.5 Å². The third kappa shape index (κ3) is 4.20. The molecular formula is C18H19Cl2N3O3. The van der Waals surface area contributed by atoms with Crippen LogP contribution in [0, 0.1) is 0 Å². The molecule has 2 heterocycles. The first-order valence-corrected chi connectivity index (χ1v) is 8.82. The molecule has 0 unspecified atom stereocenters. The van der Waals surface area contributed by atoms with Crippen LogP contribution in [-0.4, -0.2) is 43.1 Å². The summed E-state index contributed by atoms with van der Waals surface area (Å²) < 4.78 is 10.7. The number of hydrogen-bond acceptors (Lipinski definition) is 5. The van der Waals surface area contributed by atoms with Crippen LogP contribution in [0.4, 0.5) is 5.82 Å². The van der Waals surface area contributed by atoms with Gasteiger partial charge in [-0.3, -0.25) is 9.69 Å². The molecule has 0 atom stereocenters. The summed E-state index contributed by atoms with van der Waals surface area (Å²) in [5.74, 6) is 1.55. The van der Waals surface area contributed by atoms with Crippen LogP contribution in [-0.2, 0) is 17.8 Å². The van der Waals surface area contributed by atoms with Crippen LogP contribution >= 0.6 is 23.2 Å². The molecule has 3 rings (SSSR count). The van der Waals surface area contributed by atoms with Crippen molar-refractivity contribution in [2.24, 2.45) is 0 Å². The molecule has 0 radical (unpaired) electrons. The van der Waals surface area contributed by atoms with E-state index in [1.165, 1.54) is 11.8 Å². The Balaban J connectivity index is 1.66. The first-order valence-electron chi connectivity index (χ1n) is 8.07. The maximum absolute atomic E-state index is 12.3. The Hall–Kier alpha value is -2.02. The van der Waals surface area contributed by atoms with E-state index < -0.39 is 0 Å². The highest BCUT2D eigenvalue weighted by molar-refractivity contribution is 6.36. The second-order valence-corrected chi connectivity index (χ2v) is 6.81. The van der Waals surface area contributed by atoms with E-state index >= 15 is 0 Å². The van der Waals surface area contributed by atoms with Crippen molar-refractivity contribution in [3.05, 3.63) is 45.6 Å². The van der Waals surface area contributed by atoms with Crippen molar-refractivity contribution >= 4 is 34.9 Å². The minimum Gasteiger partial charge on any atom is -0.493 e. The van der Waals surface area contributed by atoms with Crippen LogP contribution in [0.15, 0.2) is 24.4 Å². The van der Waals surface area contributed by atoms with E-state index in [9.17, 15) is 4.79 Å². The molecule has 1 aliphatic heterocycles. The van der Waals surface area contributed by atoms with Gasteiger partial charge in [0.15, 0.2) is 17.3 Å². The van der Waals surface area contributed by atoms with E-state index in [1.807, 2.05) is 12.1 Å². The van der Waals surface area contributed by atoms with E-state index in [2.05, 4.69) is 15.2 Å². The average molecular weight is 396 g/mol. The molecule has 1 aromatic carbocycles. The van der Waals surface area contributed by atoms with Gasteiger partial charge in [-0.15, -0.1) is 0 Å². The van der Waals surface area contributed by atoms with Crippen molar-refractivity contribution in [2.75, 3.05) is 32.6 Å². The zero-order valence-electron chi connectivity index (χ0n) is 14.5. The van der Waals surface area contributed by atoms with Gasteiger partial charge in [-0.1, -0.05) is 23.2 Å². The van der Waals surface area contributed by atoms with Crippen LogP contribution in [0.5, 0.6) is 11.5 Å². The molecule has 0 spiro atoms. The molecule has 26 heavy (non-hydrogen) atoms. The Morgan fingerprint density at radius 3 is 2.54 bits per heavy atom. The molecule has 0 fully saturated rings. The lowest BCUT2D eigenvalue weighted by Gasteiger charge is -2.29. The maximum atomic E-state index is 12.3. The van der Waals surface area contributed by atoms with Crippen molar-refractivity contribution in [3.8, 4) is 11.5 Å². The van der Waals surface area contributed by atoms with Gasteiger partial charge in [0.05, 0.1) is 30.8 Å². The topological polar surface area (TPSA) is 63.7 Å². The number of halogens is 2. The van der Waals surface area contributed by atoms with E-state index in [0.717, 1.165) is 24.3 Å². The molecular weight excluding hydrogens is 377 g/mol. The van der Waals surface area contributed by atoms with Gasteiger partial charge in [-0.05, 0) is 35.7 Å². The molecule has 0 saturated heterocycles. The van der Waals surface area contributed by atoms with Gasteiger partial charge in [0, 0.05) is 19.3 Å². The van der Waals surface area contributed by atoms with Crippen LogP contribution in [0.1, 0.15) is 11.1 Å². The molecule has 1 amide bonds. The first-order chi connectivity index (χ1) is 12.5. The fourth-order valence-electron chi connectivity index (χ4n) is 2.96. The number of fused-ring (bicyclic) bond motifs is 1. The van der Waals surface area contributed by atoms with Crippen molar-refractivity contribution in [3.63, 3.8) is 0 Å². The number of benzene rings is 1. The molecule has 0 bridgehead atoms. The highest BCUT2D eigenvalue weighted by atomic mass is 35.5. The largest absolute Gasteiger partial charge is 0.493 e. The Morgan fingerprint density at radius 1 is 1.19 bits per heavy atom. The third-order valence-electron chi connectivity index (χ3n) is 4.23. The molecule has 138 valence electrons. The fourth-order valence-corrected chi connectivity index (χ4v) is 3.39. The van der Waals surface area contributed by atoms with Gasteiger partial charge in [0.2, 0.25) is 5.91 Å². The standard InChI is InChI=1S/C18H19Cl2N3O3/c1-25-15-5-11-3-4-23(9-12(11)6-16(15)26-2)10-17(24)22-18-14(20)7-13(19)8-21-18/h5-8H,3-4,9-10H2,1-2H3,(H,21,22,24). The normalized spacial score (nSPS) is 13.8. The molecule has 1 N–H and O–H groups in total. The van der Waals surface area contributed by atoms with Crippen molar-refractivity contribution in [1.29, 1.82) is 0 Å². The summed E-state index contributed by atoms with van der Waals surface area (Å²) >= 11 is 11.9. The van der Waals surface area contributed by atoms with Crippen molar-refractivity contribution < 1.29 is 14.3 Å². The molecule has 1 aliphatic rings. The summed E-state index contributed by atoms with van der Waals surface area (Å²) in [6.45, 7) is 1.68. The summed E-state index contributed by atoms with van der Waals surface area (Å²) in [6.07, 6.45) is 2.28. The lowest BCUT2D eigenvalue weighted by molar-refractivity contribution is -0.117. The number of hydrogen-bond donors (Lipinski definition) is 1. The van der Waals surface area contributed by atoms with E-state index in [1.54, 1.807) is 20.3 Å². The number of ether oxygens (including phenoxy) is 2. The van der Waals surface area contributed by atoms with E-state index in [0.29, 0.717) is 28.2 Å². The number of nitrogens with one attached hydrogen (secondary N) is 1. The van der Waals surface area contributed by atoms with Crippen LogP contribution in [0.3, 0.4) is 0 Å². The number of amides is 1. The highest BCUT2D eigenvalue weighted by Gasteiger charge is 2.21. The quantitative estimate of drug-likeness (QED) is 0.840. The van der Waals surface area contributed by atoms with Gasteiger partial charge in [-0.25, -0.2) is 4.98 Å². The summed E-state index contributed by atoms with van der Waals surface area (Å²) in [7, 11) is 3.24. The monoisotopic (exact) mass is 395 g/mol. The molecule has 2 aromatic rings. The van der Waals surface area contributed by atoms with Gasteiger partial charge >= 0.3 is 0 Å². The number of carbonyl (C=O) groups is 1. The fraction of sp³-hybridized carbons (Fsp3) is 0.333. The number of pyridine rings is 1. The lowest BCUT2D eigenvalue weighted by Crippen LogP contribution is -2.37. The van der Waals surface area contributed by atoms with Gasteiger partial charge < -0.3 is 14.8 Å². The number of rotatable bonds is 5. The molecule has 1 aromatic heterocycles. The first kappa shape index (κ1) is 18.8. The summed E-state index contributed by atoms with van der Waals surface area (Å²) in [4.78, 5) is 18.4. The van der Waals surface area contributed by atoms with E-state index in [4.69, 9.17) is 32.7 Å². The SMILES string of the molecule is COc1cc2c(cc1OC)CN(CC(=O)Nc1ncc(Cl)cc1Cl)CC2. The number of aromatic nitrogens is 1. The second kappa shape index (κ2) is 8.12. The number of nitrogens with zero attached hydrogens (tertiary/aromatic N) is 2. The summed E-state index contributed by atoms with van der Waals surface area (Å²) in [6, 6.07) is 5.52. The number of carbonyl (C=O) groups excluding carboxylic acids is 1. The van der Waals surface area contributed by atoms with Crippen LogP contribution in [0.2, 0.25) is 10.0 Å².